The second kappa shape index (κ2) is 3.31. The Labute approximate surface area is 85.2 Å². The van der Waals surface area contributed by atoms with Crippen LogP contribution in [0.5, 0.6) is 0 Å². The molecule has 1 N–H and O–H groups in total. The molecule has 2 fully saturated rings. The van der Waals surface area contributed by atoms with Gasteiger partial charge in [-0.05, 0) is 51.7 Å². The largest absolute Gasteiger partial charge is 0.393 e. The fourth-order valence-electron chi connectivity index (χ4n) is 2.97. The maximum atomic E-state index is 9.33. The van der Waals surface area contributed by atoms with Crippen LogP contribution in [-0.2, 0) is 4.74 Å². The molecule has 2 aliphatic rings. The summed E-state index contributed by atoms with van der Waals surface area (Å²) in [6, 6.07) is 0. The Bertz CT molecular complexity index is 243. The van der Waals surface area contributed by atoms with Crippen LogP contribution in [0.4, 0.5) is 0 Å². The number of hydrogen-bond acceptors (Lipinski definition) is 3. The molecular weight excluding hydrogens is 178 g/mol. The summed E-state index contributed by atoms with van der Waals surface area (Å²) in [5.41, 5.74) is -0.789. The van der Waals surface area contributed by atoms with Gasteiger partial charge in [0, 0.05) is 0 Å². The lowest BCUT2D eigenvalue weighted by molar-refractivity contribution is -0.222. The lowest BCUT2D eigenvalue weighted by Crippen LogP contribution is -2.52. The summed E-state index contributed by atoms with van der Waals surface area (Å²) < 4.78 is 5.95. The van der Waals surface area contributed by atoms with Crippen molar-refractivity contribution in [1.82, 2.24) is 0 Å². The van der Waals surface area contributed by atoms with Crippen molar-refractivity contribution in [3.05, 3.63) is 0 Å². The van der Waals surface area contributed by atoms with E-state index in [-0.39, 0.29) is 6.61 Å². The summed E-state index contributed by atoms with van der Waals surface area (Å²) in [5.74, 6) is 0.653. The number of aliphatic imine (C=N–C) groups is 1. The van der Waals surface area contributed by atoms with Gasteiger partial charge in [0.15, 0.2) is 5.72 Å². The van der Waals surface area contributed by atoms with Crippen LogP contribution >= 0.6 is 0 Å². The van der Waals surface area contributed by atoms with Crippen molar-refractivity contribution >= 4 is 6.72 Å². The standard InChI is InChI=1S/C11H19NO2/c1-10(8-13)6-9-4-3-5-11(7-9,12-2)14-10/h9,13H,2-8H2,1H3. The zero-order chi connectivity index (χ0) is 10.2. The Morgan fingerprint density at radius 2 is 2.36 bits per heavy atom. The number of aliphatic hydroxyl groups excluding tert-OH is 1. The first-order valence-electron chi connectivity index (χ1n) is 5.40. The van der Waals surface area contributed by atoms with Gasteiger partial charge in [0.25, 0.3) is 0 Å². The molecule has 3 heteroatoms. The lowest BCUT2D eigenvalue weighted by Gasteiger charge is -2.50. The van der Waals surface area contributed by atoms with E-state index in [0.29, 0.717) is 5.92 Å². The van der Waals surface area contributed by atoms with Crippen LogP contribution in [0.3, 0.4) is 0 Å². The van der Waals surface area contributed by atoms with Crippen molar-refractivity contribution < 1.29 is 9.84 Å². The van der Waals surface area contributed by atoms with E-state index in [1.807, 2.05) is 6.92 Å². The van der Waals surface area contributed by atoms with E-state index in [1.54, 1.807) is 0 Å². The van der Waals surface area contributed by atoms with Gasteiger partial charge in [-0.15, -0.1) is 0 Å². The molecule has 0 aromatic rings. The molecule has 1 aliphatic carbocycles. The summed E-state index contributed by atoms with van der Waals surface area (Å²) in [4.78, 5) is 4.16. The Kier molecular flexibility index (Phi) is 2.40. The average molecular weight is 197 g/mol. The van der Waals surface area contributed by atoms with E-state index < -0.39 is 11.3 Å². The molecule has 80 valence electrons. The summed E-state index contributed by atoms with van der Waals surface area (Å²) >= 11 is 0. The number of aliphatic hydroxyl groups is 1. The third-order valence-corrected chi connectivity index (χ3v) is 3.57. The van der Waals surface area contributed by atoms with Gasteiger partial charge in [0.05, 0.1) is 12.2 Å². The Hall–Kier alpha value is -0.410. The molecule has 2 rings (SSSR count). The highest BCUT2D eigenvalue weighted by Gasteiger charge is 2.48. The third-order valence-electron chi connectivity index (χ3n) is 3.57. The van der Waals surface area contributed by atoms with E-state index in [1.165, 1.54) is 12.8 Å². The zero-order valence-electron chi connectivity index (χ0n) is 8.83. The zero-order valence-corrected chi connectivity index (χ0v) is 8.83. The second-order valence-electron chi connectivity index (χ2n) is 4.98. The third kappa shape index (κ3) is 1.59. The van der Waals surface area contributed by atoms with Crippen LogP contribution in [0.2, 0.25) is 0 Å². The fraction of sp³-hybridized carbons (Fsp3) is 0.909. The van der Waals surface area contributed by atoms with Crippen molar-refractivity contribution in [2.75, 3.05) is 6.61 Å². The summed E-state index contributed by atoms with van der Waals surface area (Å²) in [7, 11) is 0. The molecule has 2 bridgehead atoms. The molecule has 14 heavy (non-hydrogen) atoms. The molecule has 0 radical (unpaired) electrons. The van der Waals surface area contributed by atoms with Gasteiger partial charge < -0.3 is 9.84 Å². The number of fused-ring (bicyclic) bond motifs is 2. The number of nitrogens with zero attached hydrogens (tertiary/aromatic N) is 1. The molecule has 1 heterocycles. The first-order chi connectivity index (χ1) is 6.61. The highest BCUT2D eigenvalue weighted by Crippen LogP contribution is 2.47. The molecule has 1 aliphatic heterocycles. The van der Waals surface area contributed by atoms with E-state index >= 15 is 0 Å². The van der Waals surface area contributed by atoms with Crippen molar-refractivity contribution in [2.24, 2.45) is 10.9 Å². The first-order valence-corrected chi connectivity index (χ1v) is 5.40. The van der Waals surface area contributed by atoms with Crippen LogP contribution < -0.4 is 0 Å². The molecular formula is C11H19NO2. The molecule has 1 saturated carbocycles. The number of rotatable bonds is 2. The van der Waals surface area contributed by atoms with E-state index in [2.05, 4.69) is 11.7 Å². The lowest BCUT2D eigenvalue weighted by atomic mass is 9.74. The number of ether oxygens (including phenoxy) is 1. The maximum Gasteiger partial charge on any atom is 0.159 e. The molecule has 0 amide bonds. The fourth-order valence-corrected chi connectivity index (χ4v) is 2.97. The van der Waals surface area contributed by atoms with Crippen molar-refractivity contribution in [3.63, 3.8) is 0 Å². The molecule has 0 spiro atoms. The van der Waals surface area contributed by atoms with Gasteiger partial charge in [0.2, 0.25) is 0 Å². The maximum absolute atomic E-state index is 9.33. The van der Waals surface area contributed by atoms with Gasteiger partial charge in [0.1, 0.15) is 0 Å². The Morgan fingerprint density at radius 3 is 3.00 bits per heavy atom. The minimum Gasteiger partial charge on any atom is -0.393 e. The van der Waals surface area contributed by atoms with Crippen LogP contribution in [0.25, 0.3) is 0 Å². The molecule has 3 nitrogen and oxygen atoms in total. The van der Waals surface area contributed by atoms with Crippen molar-refractivity contribution in [2.45, 2.75) is 50.4 Å². The van der Waals surface area contributed by atoms with Crippen molar-refractivity contribution in [1.29, 1.82) is 0 Å². The first kappa shape index (κ1) is 10.1. The average Bonchev–Trinajstić information content (AvgIpc) is 2.17. The molecule has 0 aromatic carbocycles. The Balaban J connectivity index is 2.21. The normalized spacial score (nSPS) is 47.4. The second-order valence-corrected chi connectivity index (χ2v) is 4.98. The predicted octanol–water partition coefficient (Wildman–Crippen LogP) is 1.74. The summed E-state index contributed by atoms with van der Waals surface area (Å²) in [6.45, 7) is 5.70. The minimum absolute atomic E-state index is 0.0841. The smallest absolute Gasteiger partial charge is 0.159 e. The van der Waals surface area contributed by atoms with Crippen LogP contribution in [-0.4, -0.2) is 29.8 Å². The van der Waals surface area contributed by atoms with Gasteiger partial charge >= 0.3 is 0 Å². The molecule has 3 unspecified atom stereocenters. The molecule has 1 saturated heterocycles. The highest BCUT2D eigenvalue weighted by atomic mass is 16.5. The topological polar surface area (TPSA) is 41.8 Å². The van der Waals surface area contributed by atoms with Gasteiger partial charge in [-0.25, -0.2) is 0 Å². The number of hydrogen-bond donors (Lipinski definition) is 1. The molecule has 0 aromatic heterocycles. The van der Waals surface area contributed by atoms with Gasteiger partial charge in [-0.2, -0.15) is 0 Å². The van der Waals surface area contributed by atoms with Crippen molar-refractivity contribution in [3.8, 4) is 0 Å². The van der Waals surface area contributed by atoms with E-state index in [4.69, 9.17) is 4.74 Å². The molecule has 3 atom stereocenters. The summed E-state index contributed by atoms with van der Waals surface area (Å²) in [5, 5.41) is 9.33. The van der Waals surface area contributed by atoms with Crippen LogP contribution in [0.15, 0.2) is 4.99 Å². The van der Waals surface area contributed by atoms with E-state index in [0.717, 1.165) is 19.3 Å². The quantitative estimate of drug-likeness (QED) is 0.685. The van der Waals surface area contributed by atoms with Gasteiger partial charge in [-0.1, -0.05) is 0 Å². The SMILES string of the molecule is C=NC12CCCC(CC(C)(CO)O1)C2. The minimum atomic E-state index is -0.398. The van der Waals surface area contributed by atoms with Crippen LogP contribution in [0.1, 0.15) is 39.0 Å². The van der Waals surface area contributed by atoms with Crippen LogP contribution in [0, 0.1) is 5.92 Å². The summed E-state index contributed by atoms with van der Waals surface area (Å²) in [6.07, 6.45) is 5.33. The Morgan fingerprint density at radius 1 is 1.57 bits per heavy atom. The van der Waals surface area contributed by atoms with E-state index in [9.17, 15) is 5.11 Å². The highest BCUT2D eigenvalue weighted by molar-refractivity contribution is 5.26. The van der Waals surface area contributed by atoms with Gasteiger partial charge in [-0.3, -0.25) is 4.99 Å². The monoisotopic (exact) mass is 197 g/mol. The predicted molar refractivity (Wildman–Crippen MR) is 55.4 cm³/mol.